The van der Waals surface area contributed by atoms with Gasteiger partial charge in [0.05, 0.1) is 7.11 Å². The van der Waals surface area contributed by atoms with Gasteiger partial charge in [-0.3, -0.25) is 0 Å². The van der Waals surface area contributed by atoms with Crippen molar-refractivity contribution in [2.45, 2.75) is 32.1 Å². The topological polar surface area (TPSA) is 9.23 Å². The molecular weight excluding hydrogens is 232 g/mol. The van der Waals surface area contributed by atoms with Gasteiger partial charge >= 0.3 is 0 Å². The molecule has 100 valence electrons. The number of methoxy groups -OCH3 is 1. The first-order valence-electron chi connectivity index (χ1n) is 7.05. The minimum absolute atomic E-state index is 0.960. The first kappa shape index (κ1) is 13.7. The zero-order valence-corrected chi connectivity index (χ0v) is 11.6. The van der Waals surface area contributed by atoms with E-state index in [0.29, 0.717) is 0 Å². The second-order valence-corrected chi connectivity index (χ2v) is 4.90. The van der Waals surface area contributed by atoms with E-state index in [-0.39, 0.29) is 0 Å². The Labute approximate surface area is 116 Å². The van der Waals surface area contributed by atoms with Crippen LogP contribution >= 0.6 is 0 Å². The molecule has 19 heavy (non-hydrogen) atoms. The summed E-state index contributed by atoms with van der Waals surface area (Å²) in [5.74, 6) is 0.960. The van der Waals surface area contributed by atoms with E-state index in [2.05, 4.69) is 48.5 Å². The lowest BCUT2D eigenvalue weighted by molar-refractivity contribution is 0.414. The minimum Gasteiger partial charge on any atom is -0.497 e. The Morgan fingerprint density at radius 3 is 2.16 bits per heavy atom. The molecule has 0 aliphatic rings. The van der Waals surface area contributed by atoms with Gasteiger partial charge in [-0.1, -0.05) is 48.9 Å². The third kappa shape index (κ3) is 4.78. The fraction of sp³-hybridized carbons (Fsp3) is 0.333. The number of hydrogen-bond donors (Lipinski definition) is 0. The van der Waals surface area contributed by atoms with E-state index >= 15 is 0 Å². The lowest BCUT2D eigenvalue weighted by atomic mass is 10.0. The maximum atomic E-state index is 5.24. The van der Waals surface area contributed by atoms with Crippen LogP contribution in [0.5, 0.6) is 5.75 Å². The van der Waals surface area contributed by atoms with Gasteiger partial charge in [-0.25, -0.2) is 0 Å². The van der Waals surface area contributed by atoms with Crippen LogP contribution in [0.4, 0.5) is 0 Å². The highest BCUT2D eigenvalue weighted by Crippen LogP contribution is 2.15. The zero-order valence-electron chi connectivity index (χ0n) is 11.6. The molecule has 0 heterocycles. The Morgan fingerprint density at radius 2 is 1.42 bits per heavy atom. The summed E-state index contributed by atoms with van der Waals surface area (Å²) >= 11 is 0. The molecule has 0 aromatic heterocycles. The van der Waals surface area contributed by atoms with Gasteiger partial charge in [-0.2, -0.15) is 0 Å². The van der Waals surface area contributed by atoms with Crippen molar-refractivity contribution in [2.75, 3.05) is 7.11 Å². The van der Waals surface area contributed by atoms with E-state index in [0.717, 1.165) is 12.2 Å². The molecule has 0 saturated carbocycles. The Balaban J connectivity index is 1.66. The molecule has 0 atom stereocenters. The van der Waals surface area contributed by atoms with E-state index in [1.165, 1.54) is 36.8 Å². The SMILES string of the molecule is COc1cccc(CCCCCc2ccccc2)c1. The van der Waals surface area contributed by atoms with Crippen LogP contribution < -0.4 is 4.74 Å². The summed E-state index contributed by atoms with van der Waals surface area (Å²) in [5, 5.41) is 0. The Bertz CT molecular complexity index is 476. The number of hydrogen-bond acceptors (Lipinski definition) is 1. The average Bonchev–Trinajstić information content (AvgIpc) is 2.48. The van der Waals surface area contributed by atoms with Gasteiger partial charge in [-0.15, -0.1) is 0 Å². The second kappa shape index (κ2) is 7.63. The van der Waals surface area contributed by atoms with Crippen molar-refractivity contribution in [1.29, 1.82) is 0 Å². The van der Waals surface area contributed by atoms with Crippen LogP contribution in [0, 0.1) is 0 Å². The van der Waals surface area contributed by atoms with Gasteiger partial charge < -0.3 is 4.74 Å². The number of benzene rings is 2. The smallest absolute Gasteiger partial charge is 0.119 e. The highest BCUT2D eigenvalue weighted by atomic mass is 16.5. The molecule has 2 aromatic rings. The molecule has 0 saturated heterocycles. The molecule has 0 N–H and O–H groups in total. The van der Waals surface area contributed by atoms with Crippen molar-refractivity contribution in [3.05, 3.63) is 65.7 Å². The van der Waals surface area contributed by atoms with Crippen molar-refractivity contribution in [2.24, 2.45) is 0 Å². The summed E-state index contributed by atoms with van der Waals surface area (Å²) < 4.78 is 5.24. The summed E-state index contributed by atoms with van der Waals surface area (Å²) in [6.07, 6.45) is 6.14. The van der Waals surface area contributed by atoms with Gasteiger partial charge in [0.2, 0.25) is 0 Å². The van der Waals surface area contributed by atoms with E-state index in [1.807, 2.05) is 6.07 Å². The Morgan fingerprint density at radius 1 is 0.737 bits per heavy atom. The quantitative estimate of drug-likeness (QED) is 0.653. The van der Waals surface area contributed by atoms with Gasteiger partial charge in [-0.05, 0) is 48.9 Å². The van der Waals surface area contributed by atoms with Gasteiger partial charge in [0, 0.05) is 0 Å². The fourth-order valence-corrected chi connectivity index (χ4v) is 2.31. The van der Waals surface area contributed by atoms with Gasteiger partial charge in [0.25, 0.3) is 0 Å². The Hall–Kier alpha value is -1.76. The molecule has 0 bridgehead atoms. The molecule has 1 nitrogen and oxygen atoms in total. The summed E-state index contributed by atoms with van der Waals surface area (Å²) in [6.45, 7) is 0. The number of unbranched alkanes of at least 4 members (excludes halogenated alkanes) is 2. The summed E-state index contributed by atoms with van der Waals surface area (Å²) in [6, 6.07) is 19.1. The van der Waals surface area contributed by atoms with Crippen molar-refractivity contribution in [1.82, 2.24) is 0 Å². The Kier molecular flexibility index (Phi) is 5.49. The van der Waals surface area contributed by atoms with E-state index in [9.17, 15) is 0 Å². The van der Waals surface area contributed by atoms with Crippen LogP contribution in [-0.4, -0.2) is 7.11 Å². The zero-order chi connectivity index (χ0) is 13.3. The minimum atomic E-state index is 0.960. The first-order chi connectivity index (χ1) is 9.38. The van der Waals surface area contributed by atoms with Crippen LogP contribution in [0.2, 0.25) is 0 Å². The predicted molar refractivity (Wildman–Crippen MR) is 80.7 cm³/mol. The largest absolute Gasteiger partial charge is 0.497 e. The highest BCUT2D eigenvalue weighted by Gasteiger charge is 1.97. The summed E-state index contributed by atoms with van der Waals surface area (Å²) in [7, 11) is 1.72. The maximum absolute atomic E-state index is 5.24. The third-order valence-electron chi connectivity index (χ3n) is 3.41. The lowest BCUT2D eigenvalue weighted by Gasteiger charge is -2.05. The van der Waals surface area contributed by atoms with Crippen LogP contribution in [0.1, 0.15) is 30.4 Å². The maximum Gasteiger partial charge on any atom is 0.119 e. The molecule has 0 aliphatic carbocycles. The van der Waals surface area contributed by atoms with Crippen LogP contribution in [-0.2, 0) is 12.8 Å². The lowest BCUT2D eigenvalue weighted by Crippen LogP contribution is -1.90. The number of ether oxygens (including phenoxy) is 1. The molecule has 1 heteroatoms. The average molecular weight is 254 g/mol. The van der Waals surface area contributed by atoms with E-state index in [4.69, 9.17) is 4.74 Å². The molecule has 2 aromatic carbocycles. The first-order valence-corrected chi connectivity index (χ1v) is 7.05. The number of aryl methyl sites for hydroxylation is 2. The monoisotopic (exact) mass is 254 g/mol. The third-order valence-corrected chi connectivity index (χ3v) is 3.41. The van der Waals surface area contributed by atoms with Crippen molar-refractivity contribution < 1.29 is 4.74 Å². The van der Waals surface area contributed by atoms with Gasteiger partial charge in [0.15, 0.2) is 0 Å². The molecule has 0 radical (unpaired) electrons. The second-order valence-electron chi connectivity index (χ2n) is 4.90. The predicted octanol–water partition coefficient (Wildman–Crippen LogP) is 4.65. The van der Waals surface area contributed by atoms with E-state index < -0.39 is 0 Å². The molecule has 0 unspecified atom stereocenters. The molecule has 0 aliphatic heterocycles. The van der Waals surface area contributed by atoms with Gasteiger partial charge in [0.1, 0.15) is 5.75 Å². The van der Waals surface area contributed by atoms with Crippen LogP contribution in [0.25, 0.3) is 0 Å². The van der Waals surface area contributed by atoms with Crippen molar-refractivity contribution >= 4 is 0 Å². The molecule has 0 amide bonds. The molecule has 2 rings (SSSR count). The standard InChI is InChI=1S/C18H22O/c1-19-18-14-8-13-17(15-18)12-7-3-6-11-16-9-4-2-5-10-16/h2,4-5,8-10,13-15H,3,6-7,11-12H2,1H3. The highest BCUT2D eigenvalue weighted by molar-refractivity contribution is 5.28. The molecule has 0 spiro atoms. The molecular formula is C18H22O. The molecule has 0 fully saturated rings. The van der Waals surface area contributed by atoms with Crippen molar-refractivity contribution in [3.8, 4) is 5.75 Å². The normalized spacial score (nSPS) is 10.4. The van der Waals surface area contributed by atoms with E-state index in [1.54, 1.807) is 7.11 Å². The van der Waals surface area contributed by atoms with Crippen molar-refractivity contribution in [3.63, 3.8) is 0 Å². The van der Waals surface area contributed by atoms with Crippen LogP contribution in [0.15, 0.2) is 54.6 Å². The number of rotatable bonds is 7. The summed E-state index contributed by atoms with van der Waals surface area (Å²) in [5.41, 5.74) is 2.82. The van der Waals surface area contributed by atoms with Crippen LogP contribution in [0.3, 0.4) is 0 Å². The fourth-order valence-electron chi connectivity index (χ4n) is 2.31. The summed E-state index contributed by atoms with van der Waals surface area (Å²) in [4.78, 5) is 0.